The van der Waals surface area contributed by atoms with Gasteiger partial charge in [-0.2, -0.15) is 0 Å². The van der Waals surface area contributed by atoms with Gasteiger partial charge in [0.15, 0.2) is 17.3 Å². The molecule has 0 unspecified atom stereocenters. The highest BCUT2D eigenvalue weighted by Gasteiger charge is 2.43. The fourth-order valence-electron chi connectivity index (χ4n) is 1.63. The van der Waals surface area contributed by atoms with E-state index in [4.69, 9.17) is 17.3 Å². The Morgan fingerprint density at radius 3 is 2.75 bits per heavy atom. The third kappa shape index (κ3) is 2.25. The maximum absolute atomic E-state index is 12.9. The van der Waals surface area contributed by atoms with Gasteiger partial charge in [0.05, 0.1) is 0 Å². The van der Waals surface area contributed by atoms with Crippen LogP contribution in [0, 0.1) is 0 Å². The molecule has 0 saturated heterocycles. The first-order valence-corrected chi connectivity index (χ1v) is 5.75. The largest absolute Gasteiger partial charge is 0.586 e. The van der Waals surface area contributed by atoms with Crippen molar-refractivity contribution in [3.05, 3.63) is 29.5 Å². The molecule has 3 N–H and O–H groups in total. The van der Waals surface area contributed by atoms with Crippen molar-refractivity contribution >= 4 is 28.9 Å². The molecule has 0 amide bonds. The lowest BCUT2D eigenvalue weighted by atomic mass is 10.3. The summed E-state index contributed by atoms with van der Waals surface area (Å²) >= 11 is 5.92. The van der Waals surface area contributed by atoms with Gasteiger partial charge in [-0.1, -0.05) is 11.6 Å². The van der Waals surface area contributed by atoms with Gasteiger partial charge in [0, 0.05) is 11.8 Å². The SMILES string of the molecule is Nc1ncnc(Nc2ccc3c(c2)OC(F)(F)O3)c1Cl. The molecule has 0 aliphatic carbocycles. The maximum atomic E-state index is 12.9. The Morgan fingerprint density at radius 2 is 1.95 bits per heavy atom. The Hall–Kier alpha value is -2.35. The van der Waals surface area contributed by atoms with E-state index < -0.39 is 6.29 Å². The van der Waals surface area contributed by atoms with Crippen LogP contribution in [0.5, 0.6) is 11.5 Å². The summed E-state index contributed by atoms with van der Waals surface area (Å²) in [6, 6.07) is 4.19. The highest BCUT2D eigenvalue weighted by Crippen LogP contribution is 2.42. The van der Waals surface area contributed by atoms with Crippen LogP contribution >= 0.6 is 11.6 Å². The number of hydrogen-bond acceptors (Lipinski definition) is 6. The number of nitrogens with zero attached hydrogens (tertiary/aromatic N) is 2. The summed E-state index contributed by atoms with van der Waals surface area (Å²) in [5.41, 5.74) is 5.97. The molecular formula is C11H7ClF2N4O2. The Balaban J connectivity index is 1.89. The second-order valence-corrected chi connectivity index (χ2v) is 4.25. The number of fused-ring (bicyclic) bond motifs is 1. The second kappa shape index (κ2) is 4.34. The van der Waals surface area contributed by atoms with Gasteiger partial charge in [-0.3, -0.25) is 0 Å². The first-order chi connectivity index (χ1) is 9.44. The van der Waals surface area contributed by atoms with Gasteiger partial charge in [-0.25, -0.2) is 9.97 Å². The molecule has 0 atom stereocenters. The smallest absolute Gasteiger partial charge is 0.395 e. The number of nitrogen functional groups attached to an aromatic ring is 1. The van der Waals surface area contributed by atoms with Crippen LogP contribution in [0.2, 0.25) is 5.02 Å². The topological polar surface area (TPSA) is 82.3 Å². The maximum Gasteiger partial charge on any atom is 0.586 e. The third-order valence-corrected chi connectivity index (χ3v) is 2.85. The molecule has 0 bridgehead atoms. The molecule has 9 heteroatoms. The van der Waals surface area contributed by atoms with Gasteiger partial charge in [0.1, 0.15) is 17.2 Å². The van der Waals surface area contributed by atoms with Gasteiger partial charge in [-0.05, 0) is 12.1 Å². The number of halogens is 3. The highest BCUT2D eigenvalue weighted by atomic mass is 35.5. The monoisotopic (exact) mass is 300 g/mol. The van der Waals surface area contributed by atoms with Crippen LogP contribution in [-0.4, -0.2) is 16.3 Å². The van der Waals surface area contributed by atoms with Crippen molar-refractivity contribution in [1.82, 2.24) is 9.97 Å². The van der Waals surface area contributed by atoms with Crippen molar-refractivity contribution in [2.24, 2.45) is 0 Å². The zero-order valence-electron chi connectivity index (χ0n) is 9.73. The number of benzene rings is 1. The van der Waals surface area contributed by atoms with Crippen LogP contribution in [0.3, 0.4) is 0 Å². The number of nitrogens with two attached hydrogens (primary N) is 1. The number of nitrogens with one attached hydrogen (secondary N) is 1. The lowest BCUT2D eigenvalue weighted by molar-refractivity contribution is -0.286. The van der Waals surface area contributed by atoms with Crippen molar-refractivity contribution in [3.8, 4) is 11.5 Å². The molecule has 104 valence electrons. The summed E-state index contributed by atoms with van der Waals surface area (Å²) in [5, 5.41) is 2.96. The summed E-state index contributed by atoms with van der Waals surface area (Å²) in [6.07, 6.45) is -2.43. The van der Waals surface area contributed by atoms with Crippen molar-refractivity contribution in [2.75, 3.05) is 11.1 Å². The van der Waals surface area contributed by atoms with E-state index >= 15 is 0 Å². The average molecular weight is 301 g/mol. The summed E-state index contributed by atoms with van der Waals surface area (Å²) in [4.78, 5) is 7.61. The molecule has 1 aromatic carbocycles. The molecule has 0 fully saturated rings. The van der Waals surface area contributed by atoms with E-state index in [2.05, 4.69) is 24.8 Å². The van der Waals surface area contributed by atoms with Crippen LogP contribution in [0.25, 0.3) is 0 Å². The Labute approximate surface area is 116 Å². The van der Waals surface area contributed by atoms with E-state index in [-0.39, 0.29) is 28.2 Å². The molecule has 0 saturated carbocycles. The van der Waals surface area contributed by atoms with Gasteiger partial charge < -0.3 is 20.5 Å². The fourth-order valence-corrected chi connectivity index (χ4v) is 1.78. The Bertz CT molecular complexity index is 683. The molecule has 1 aliphatic rings. The molecule has 6 nitrogen and oxygen atoms in total. The van der Waals surface area contributed by atoms with E-state index in [1.807, 2.05) is 0 Å². The molecule has 20 heavy (non-hydrogen) atoms. The fraction of sp³-hybridized carbons (Fsp3) is 0.0909. The molecule has 1 aromatic heterocycles. The lowest BCUT2D eigenvalue weighted by Crippen LogP contribution is -2.25. The van der Waals surface area contributed by atoms with Gasteiger partial charge in [0.25, 0.3) is 0 Å². The van der Waals surface area contributed by atoms with Crippen LogP contribution < -0.4 is 20.5 Å². The Kier molecular flexibility index (Phi) is 2.75. The van der Waals surface area contributed by atoms with E-state index in [0.29, 0.717) is 5.69 Å². The standard InChI is InChI=1S/C11H7ClF2N4O2/c12-8-9(15)16-4-17-10(8)18-5-1-2-6-7(3-5)20-11(13,14)19-6/h1-4H,(H3,15,16,17,18). The van der Waals surface area contributed by atoms with Crippen molar-refractivity contribution in [2.45, 2.75) is 6.29 Å². The molecular weight excluding hydrogens is 294 g/mol. The summed E-state index contributed by atoms with van der Waals surface area (Å²) < 4.78 is 34.4. The molecule has 2 heterocycles. The van der Waals surface area contributed by atoms with E-state index in [0.717, 1.165) is 0 Å². The number of hydrogen-bond donors (Lipinski definition) is 2. The number of ether oxygens (including phenoxy) is 2. The van der Waals surface area contributed by atoms with Gasteiger partial charge in [-0.15, -0.1) is 8.78 Å². The van der Waals surface area contributed by atoms with E-state index in [9.17, 15) is 8.78 Å². The first-order valence-electron chi connectivity index (χ1n) is 5.37. The van der Waals surface area contributed by atoms with Gasteiger partial charge in [0.2, 0.25) is 0 Å². The van der Waals surface area contributed by atoms with Crippen LogP contribution in [0.15, 0.2) is 24.5 Å². The number of aromatic nitrogens is 2. The quantitative estimate of drug-likeness (QED) is 0.887. The minimum atomic E-state index is -3.65. The predicted molar refractivity (Wildman–Crippen MR) is 67.4 cm³/mol. The normalized spacial score (nSPS) is 15.2. The molecule has 1 aliphatic heterocycles. The van der Waals surface area contributed by atoms with Gasteiger partial charge >= 0.3 is 6.29 Å². The molecule has 0 spiro atoms. The number of alkyl halides is 2. The molecule has 3 rings (SSSR count). The average Bonchev–Trinajstić information content (AvgIpc) is 2.68. The van der Waals surface area contributed by atoms with E-state index in [1.165, 1.54) is 24.5 Å². The third-order valence-electron chi connectivity index (χ3n) is 2.48. The van der Waals surface area contributed by atoms with Crippen LogP contribution in [0.4, 0.5) is 26.1 Å². The Morgan fingerprint density at radius 1 is 1.20 bits per heavy atom. The summed E-state index contributed by atoms with van der Waals surface area (Å²) in [5.74, 6) is 0.230. The van der Waals surface area contributed by atoms with Crippen LogP contribution in [-0.2, 0) is 0 Å². The lowest BCUT2D eigenvalue weighted by Gasteiger charge is -2.08. The second-order valence-electron chi connectivity index (χ2n) is 3.88. The molecule has 2 aromatic rings. The minimum Gasteiger partial charge on any atom is -0.395 e. The summed E-state index contributed by atoms with van der Waals surface area (Å²) in [7, 11) is 0. The minimum absolute atomic E-state index is 0.0474. The molecule has 0 radical (unpaired) electrons. The highest BCUT2D eigenvalue weighted by molar-refractivity contribution is 6.35. The van der Waals surface area contributed by atoms with E-state index in [1.54, 1.807) is 0 Å². The predicted octanol–water partition coefficient (Wildman–Crippen LogP) is 2.78. The first kappa shape index (κ1) is 12.7. The zero-order chi connectivity index (χ0) is 14.3. The van der Waals surface area contributed by atoms with Crippen LogP contribution in [0.1, 0.15) is 0 Å². The van der Waals surface area contributed by atoms with Crippen molar-refractivity contribution in [1.29, 1.82) is 0 Å². The van der Waals surface area contributed by atoms with Crippen molar-refractivity contribution in [3.63, 3.8) is 0 Å². The number of rotatable bonds is 2. The number of anilines is 3. The summed E-state index contributed by atoms with van der Waals surface area (Å²) in [6.45, 7) is 0. The van der Waals surface area contributed by atoms with Crippen molar-refractivity contribution < 1.29 is 18.3 Å². The zero-order valence-corrected chi connectivity index (χ0v) is 10.5.